The van der Waals surface area contributed by atoms with Crippen molar-refractivity contribution in [1.29, 1.82) is 0 Å². The van der Waals surface area contributed by atoms with Gasteiger partial charge in [0.2, 0.25) is 10.0 Å². The van der Waals surface area contributed by atoms with E-state index in [1.807, 2.05) is 37.3 Å². The minimum atomic E-state index is -3.35. The number of rotatable bonds is 14. The van der Waals surface area contributed by atoms with Gasteiger partial charge >= 0.3 is 0 Å². The van der Waals surface area contributed by atoms with Gasteiger partial charge in [-0.1, -0.05) is 30.3 Å². The van der Waals surface area contributed by atoms with Gasteiger partial charge in [-0.15, -0.1) is 0 Å². The minimum Gasteiger partial charge on any atom is -0.385 e. The summed E-state index contributed by atoms with van der Waals surface area (Å²) in [5.74, 6) is 0.618. The smallest absolute Gasteiger partial charge is 0.213 e. The molecule has 9 heteroatoms. The lowest BCUT2D eigenvalue weighted by Gasteiger charge is -2.16. The van der Waals surface area contributed by atoms with Crippen molar-refractivity contribution in [3.05, 3.63) is 35.9 Å². The molecule has 1 aromatic rings. The quantitative estimate of drug-likeness (QED) is 0.235. The average molecular weight is 414 g/mol. The van der Waals surface area contributed by atoms with Crippen LogP contribution in [0.15, 0.2) is 35.3 Å². The first-order chi connectivity index (χ1) is 13.5. The standard InChI is InChI=1S/C19H35N5O3S/c1-4-20-19(21-11-14-24(2)13-8-15-27-3)22-12-16-28(25,26)23-17-18-9-6-5-7-10-18/h5-7,9-10,23H,4,8,11-17H2,1-3H3,(H2,20,21,22). The summed E-state index contributed by atoms with van der Waals surface area (Å²) in [4.78, 5) is 6.70. The van der Waals surface area contributed by atoms with Gasteiger partial charge in [-0.3, -0.25) is 4.99 Å². The normalized spacial score (nSPS) is 12.4. The molecular weight excluding hydrogens is 378 g/mol. The van der Waals surface area contributed by atoms with E-state index < -0.39 is 10.0 Å². The molecule has 0 aliphatic rings. The molecule has 0 unspecified atom stereocenters. The SMILES string of the molecule is CCNC(=NCCN(C)CCCOC)NCCS(=O)(=O)NCc1ccccc1. The third-order valence-corrected chi connectivity index (χ3v) is 5.31. The number of hydrogen-bond acceptors (Lipinski definition) is 5. The fourth-order valence-electron chi connectivity index (χ4n) is 2.43. The topological polar surface area (TPSA) is 95.1 Å². The molecule has 1 rings (SSSR count). The number of hydrogen-bond donors (Lipinski definition) is 3. The first-order valence-electron chi connectivity index (χ1n) is 9.67. The van der Waals surface area contributed by atoms with Crippen molar-refractivity contribution in [2.75, 3.05) is 59.2 Å². The van der Waals surface area contributed by atoms with E-state index in [-0.39, 0.29) is 5.75 Å². The zero-order valence-electron chi connectivity index (χ0n) is 17.3. The Labute approximate surface area is 169 Å². The molecule has 1 aromatic carbocycles. The maximum atomic E-state index is 12.1. The Kier molecular flexibility index (Phi) is 12.5. The predicted molar refractivity (Wildman–Crippen MR) is 115 cm³/mol. The molecule has 0 amide bonds. The van der Waals surface area contributed by atoms with Crippen LogP contribution in [0.4, 0.5) is 0 Å². The van der Waals surface area contributed by atoms with Gasteiger partial charge in [-0.2, -0.15) is 0 Å². The monoisotopic (exact) mass is 413 g/mol. The highest BCUT2D eigenvalue weighted by Crippen LogP contribution is 1.98. The lowest BCUT2D eigenvalue weighted by molar-refractivity contribution is 0.180. The van der Waals surface area contributed by atoms with Crippen LogP contribution in [0, 0.1) is 0 Å². The van der Waals surface area contributed by atoms with E-state index in [4.69, 9.17) is 4.74 Å². The summed E-state index contributed by atoms with van der Waals surface area (Å²) in [5.41, 5.74) is 0.934. The predicted octanol–water partition coefficient (Wildman–Crippen LogP) is 0.629. The maximum absolute atomic E-state index is 12.1. The summed E-state index contributed by atoms with van der Waals surface area (Å²) < 4.78 is 32.0. The van der Waals surface area contributed by atoms with Gasteiger partial charge in [0.15, 0.2) is 5.96 Å². The molecular formula is C19H35N5O3S. The molecule has 0 heterocycles. The zero-order chi connectivity index (χ0) is 20.7. The van der Waals surface area contributed by atoms with Crippen LogP contribution in [-0.4, -0.2) is 78.5 Å². The van der Waals surface area contributed by atoms with E-state index in [0.29, 0.717) is 32.1 Å². The van der Waals surface area contributed by atoms with E-state index >= 15 is 0 Å². The number of likely N-dealkylation sites (N-methyl/N-ethyl adjacent to an activating group) is 1. The fourth-order valence-corrected chi connectivity index (χ4v) is 3.33. The molecule has 0 bridgehead atoms. The Bertz CT molecular complexity index is 653. The first kappa shape index (κ1) is 24.4. The highest BCUT2D eigenvalue weighted by Gasteiger charge is 2.10. The number of aliphatic imine (C=N–C) groups is 1. The molecule has 0 saturated heterocycles. The van der Waals surface area contributed by atoms with Gasteiger partial charge in [0.05, 0.1) is 12.3 Å². The van der Waals surface area contributed by atoms with Crippen LogP contribution in [0.2, 0.25) is 0 Å². The Morgan fingerprint density at radius 2 is 1.93 bits per heavy atom. The summed E-state index contributed by atoms with van der Waals surface area (Å²) in [7, 11) is 0.404. The lowest BCUT2D eigenvalue weighted by Crippen LogP contribution is -2.41. The molecule has 160 valence electrons. The fraction of sp³-hybridized carbons (Fsp3) is 0.632. The summed E-state index contributed by atoms with van der Waals surface area (Å²) in [6.45, 7) is 6.46. The summed E-state index contributed by atoms with van der Waals surface area (Å²) >= 11 is 0. The van der Waals surface area contributed by atoms with Crippen molar-refractivity contribution in [1.82, 2.24) is 20.3 Å². The van der Waals surface area contributed by atoms with Crippen molar-refractivity contribution in [3.63, 3.8) is 0 Å². The molecule has 0 atom stereocenters. The average Bonchev–Trinajstić information content (AvgIpc) is 2.67. The van der Waals surface area contributed by atoms with Crippen molar-refractivity contribution >= 4 is 16.0 Å². The van der Waals surface area contributed by atoms with E-state index in [0.717, 1.165) is 31.7 Å². The molecule has 0 radical (unpaired) electrons. The highest BCUT2D eigenvalue weighted by molar-refractivity contribution is 7.89. The van der Waals surface area contributed by atoms with Crippen LogP contribution in [0.25, 0.3) is 0 Å². The number of nitrogens with zero attached hydrogens (tertiary/aromatic N) is 2. The number of guanidine groups is 1. The van der Waals surface area contributed by atoms with Crippen molar-refractivity contribution < 1.29 is 13.2 Å². The van der Waals surface area contributed by atoms with Gasteiger partial charge in [-0.05, 0) is 26.0 Å². The molecule has 28 heavy (non-hydrogen) atoms. The molecule has 0 aromatic heterocycles. The number of benzene rings is 1. The first-order valence-corrected chi connectivity index (χ1v) is 11.3. The summed E-state index contributed by atoms with van der Waals surface area (Å²) in [6, 6.07) is 9.46. The van der Waals surface area contributed by atoms with Gasteiger partial charge in [0, 0.05) is 46.4 Å². The lowest BCUT2D eigenvalue weighted by atomic mass is 10.2. The Balaban J connectivity index is 2.34. The third kappa shape index (κ3) is 11.9. The molecule has 0 fully saturated rings. The second-order valence-corrected chi connectivity index (χ2v) is 8.39. The van der Waals surface area contributed by atoms with Gasteiger partial charge in [0.1, 0.15) is 0 Å². The maximum Gasteiger partial charge on any atom is 0.213 e. The number of nitrogens with one attached hydrogen (secondary N) is 3. The molecule has 0 aliphatic heterocycles. The van der Waals surface area contributed by atoms with Crippen molar-refractivity contribution in [3.8, 4) is 0 Å². The number of ether oxygens (including phenoxy) is 1. The molecule has 0 saturated carbocycles. The van der Waals surface area contributed by atoms with Crippen LogP contribution >= 0.6 is 0 Å². The van der Waals surface area contributed by atoms with Crippen LogP contribution in [0.3, 0.4) is 0 Å². The van der Waals surface area contributed by atoms with Crippen molar-refractivity contribution in [2.24, 2.45) is 4.99 Å². The van der Waals surface area contributed by atoms with E-state index in [1.54, 1.807) is 7.11 Å². The number of methoxy groups -OCH3 is 1. The molecule has 0 spiro atoms. The Morgan fingerprint density at radius 1 is 1.18 bits per heavy atom. The van der Waals surface area contributed by atoms with Gasteiger partial charge < -0.3 is 20.3 Å². The molecule has 0 aliphatic carbocycles. The zero-order valence-corrected chi connectivity index (χ0v) is 18.1. The number of sulfonamides is 1. The highest BCUT2D eigenvalue weighted by atomic mass is 32.2. The van der Waals surface area contributed by atoms with E-state index in [1.165, 1.54) is 0 Å². The molecule has 3 N–H and O–H groups in total. The summed E-state index contributed by atoms with van der Waals surface area (Å²) in [6.07, 6.45) is 0.989. The van der Waals surface area contributed by atoms with Gasteiger partial charge in [0.25, 0.3) is 0 Å². The van der Waals surface area contributed by atoms with Gasteiger partial charge in [-0.25, -0.2) is 13.1 Å². The van der Waals surface area contributed by atoms with Crippen molar-refractivity contribution in [2.45, 2.75) is 19.9 Å². The summed E-state index contributed by atoms with van der Waals surface area (Å²) in [5, 5.41) is 6.22. The second-order valence-electron chi connectivity index (χ2n) is 6.46. The largest absolute Gasteiger partial charge is 0.385 e. The Hall–Kier alpha value is -1.68. The van der Waals surface area contributed by atoms with Crippen LogP contribution in [0.5, 0.6) is 0 Å². The van der Waals surface area contributed by atoms with Crippen LogP contribution in [-0.2, 0) is 21.3 Å². The molecule has 8 nitrogen and oxygen atoms in total. The second kappa shape index (κ2) is 14.3. The Morgan fingerprint density at radius 3 is 2.61 bits per heavy atom. The van der Waals surface area contributed by atoms with Crippen LogP contribution < -0.4 is 15.4 Å². The van der Waals surface area contributed by atoms with E-state index in [9.17, 15) is 8.42 Å². The third-order valence-electron chi connectivity index (χ3n) is 3.99. The minimum absolute atomic E-state index is 0.0127. The van der Waals surface area contributed by atoms with E-state index in [2.05, 4.69) is 32.3 Å². The van der Waals surface area contributed by atoms with Crippen LogP contribution in [0.1, 0.15) is 18.9 Å².